The van der Waals surface area contributed by atoms with Gasteiger partial charge in [-0.25, -0.2) is 4.98 Å². The van der Waals surface area contributed by atoms with Crippen molar-refractivity contribution in [2.75, 3.05) is 25.0 Å². The van der Waals surface area contributed by atoms with Gasteiger partial charge in [-0.15, -0.1) is 23.1 Å². The Morgan fingerprint density at radius 3 is 2.82 bits per heavy atom. The number of rotatable bonds is 4. The fraction of sp³-hybridized carbons (Fsp3) is 0.364. The quantitative estimate of drug-likeness (QED) is 0.591. The van der Waals surface area contributed by atoms with Crippen molar-refractivity contribution in [3.05, 3.63) is 53.5 Å². The molecule has 0 bridgehead atoms. The average molecular weight is 412 g/mol. The third-order valence-electron chi connectivity index (χ3n) is 5.26. The van der Waals surface area contributed by atoms with Crippen LogP contribution < -0.4 is 4.90 Å². The van der Waals surface area contributed by atoms with Crippen molar-refractivity contribution in [3.8, 4) is 0 Å². The van der Waals surface area contributed by atoms with Crippen LogP contribution in [0.25, 0.3) is 10.2 Å². The number of thiazole rings is 1. The smallest absolute Gasteiger partial charge is 0.241 e. The van der Waals surface area contributed by atoms with Gasteiger partial charge in [0.1, 0.15) is 5.01 Å². The molecule has 0 radical (unpaired) electrons. The standard InChI is InChI=1S/C22H25N3OS2/c1-15-12-13-25(18-9-5-7-11-20(18)27-15)21(26)14-24(3)16(2)22-23-17-8-4-6-10-19(17)28-22/h4-11,15-16H,12-14H2,1-3H3/t15-,16+/m1/s1. The number of likely N-dealkylation sites (N-methyl/N-ethyl adjacent to an activating group) is 1. The van der Waals surface area contributed by atoms with E-state index in [4.69, 9.17) is 4.98 Å². The first-order valence-electron chi connectivity index (χ1n) is 9.64. The SMILES string of the molecule is C[C@@H]1CCN(C(=O)CN(C)[C@@H](C)c2nc3ccccc3s2)c2ccccc2S1. The number of aromatic nitrogens is 1. The zero-order chi connectivity index (χ0) is 19.7. The topological polar surface area (TPSA) is 36.4 Å². The molecule has 28 heavy (non-hydrogen) atoms. The molecule has 1 amide bonds. The summed E-state index contributed by atoms with van der Waals surface area (Å²) in [6.45, 7) is 5.51. The normalized spacial score (nSPS) is 18.1. The van der Waals surface area contributed by atoms with Crippen molar-refractivity contribution in [1.82, 2.24) is 9.88 Å². The maximum atomic E-state index is 13.2. The summed E-state index contributed by atoms with van der Waals surface area (Å²) in [7, 11) is 2.01. The van der Waals surface area contributed by atoms with Crippen molar-refractivity contribution in [2.24, 2.45) is 0 Å². The van der Waals surface area contributed by atoms with Gasteiger partial charge in [0.05, 0.1) is 28.5 Å². The van der Waals surface area contributed by atoms with E-state index in [1.807, 2.05) is 54.0 Å². The molecule has 2 aromatic carbocycles. The lowest BCUT2D eigenvalue weighted by Gasteiger charge is -2.27. The van der Waals surface area contributed by atoms with Crippen molar-refractivity contribution in [1.29, 1.82) is 0 Å². The molecule has 6 heteroatoms. The average Bonchev–Trinajstić information content (AvgIpc) is 3.04. The summed E-state index contributed by atoms with van der Waals surface area (Å²) in [4.78, 5) is 23.2. The van der Waals surface area contributed by atoms with Crippen LogP contribution in [0.15, 0.2) is 53.4 Å². The lowest BCUT2D eigenvalue weighted by molar-refractivity contribution is -0.119. The highest BCUT2D eigenvalue weighted by Crippen LogP contribution is 2.37. The van der Waals surface area contributed by atoms with Crippen molar-refractivity contribution < 1.29 is 4.79 Å². The molecule has 0 aliphatic carbocycles. The number of hydrogen-bond donors (Lipinski definition) is 0. The number of thioether (sulfide) groups is 1. The molecule has 0 N–H and O–H groups in total. The number of hydrogen-bond acceptors (Lipinski definition) is 5. The van der Waals surface area contributed by atoms with Gasteiger partial charge in [-0.05, 0) is 44.7 Å². The van der Waals surface area contributed by atoms with Gasteiger partial charge in [-0.2, -0.15) is 0 Å². The molecule has 4 rings (SSSR count). The first kappa shape index (κ1) is 19.4. The highest BCUT2D eigenvalue weighted by atomic mass is 32.2. The summed E-state index contributed by atoms with van der Waals surface area (Å²) < 4.78 is 1.19. The van der Waals surface area contributed by atoms with Gasteiger partial charge in [-0.1, -0.05) is 31.2 Å². The van der Waals surface area contributed by atoms with Crippen LogP contribution in [-0.4, -0.2) is 41.2 Å². The van der Waals surface area contributed by atoms with E-state index in [0.717, 1.165) is 29.2 Å². The molecule has 2 heterocycles. The molecule has 0 fully saturated rings. The summed E-state index contributed by atoms with van der Waals surface area (Å²) in [5, 5.41) is 1.57. The molecule has 0 unspecified atom stereocenters. The predicted molar refractivity (Wildman–Crippen MR) is 119 cm³/mol. The van der Waals surface area contributed by atoms with E-state index >= 15 is 0 Å². The first-order chi connectivity index (χ1) is 13.5. The van der Waals surface area contributed by atoms with Crippen LogP contribution in [0.1, 0.15) is 31.3 Å². The van der Waals surface area contributed by atoms with Gasteiger partial charge < -0.3 is 4.90 Å². The Labute approximate surface area is 174 Å². The van der Waals surface area contributed by atoms with E-state index in [1.54, 1.807) is 11.3 Å². The highest BCUT2D eigenvalue weighted by molar-refractivity contribution is 8.00. The molecule has 1 aliphatic heterocycles. The van der Waals surface area contributed by atoms with Gasteiger partial charge in [0, 0.05) is 16.7 Å². The number of benzene rings is 2. The Balaban J connectivity index is 1.51. The van der Waals surface area contributed by atoms with Gasteiger partial charge in [-0.3, -0.25) is 9.69 Å². The Kier molecular flexibility index (Phi) is 5.71. The van der Waals surface area contributed by atoms with Crippen LogP contribution in [0, 0.1) is 0 Å². The van der Waals surface area contributed by atoms with E-state index in [2.05, 4.69) is 36.9 Å². The van der Waals surface area contributed by atoms with Gasteiger partial charge in [0.15, 0.2) is 0 Å². The monoisotopic (exact) mass is 411 g/mol. The number of carbonyl (C=O) groups excluding carboxylic acids is 1. The molecule has 1 aliphatic rings. The fourth-order valence-corrected chi connectivity index (χ4v) is 5.64. The molecule has 0 saturated carbocycles. The zero-order valence-electron chi connectivity index (χ0n) is 16.5. The van der Waals surface area contributed by atoms with Gasteiger partial charge in [0.25, 0.3) is 0 Å². The van der Waals surface area contributed by atoms with Crippen molar-refractivity contribution in [2.45, 2.75) is 36.5 Å². The Morgan fingerprint density at radius 2 is 2.00 bits per heavy atom. The molecule has 4 nitrogen and oxygen atoms in total. The summed E-state index contributed by atoms with van der Waals surface area (Å²) >= 11 is 3.57. The van der Waals surface area contributed by atoms with E-state index in [0.29, 0.717) is 11.8 Å². The molecular weight excluding hydrogens is 386 g/mol. The van der Waals surface area contributed by atoms with Crippen LogP contribution >= 0.6 is 23.1 Å². The second kappa shape index (κ2) is 8.23. The van der Waals surface area contributed by atoms with Gasteiger partial charge in [0.2, 0.25) is 5.91 Å². The number of carbonyl (C=O) groups is 1. The molecule has 0 saturated heterocycles. The maximum Gasteiger partial charge on any atom is 0.241 e. The molecule has 3 aromatic rings. The molecule has 0 spiro atoms. The molecule has 2 atom stereocenters. The lowest BCUT2D eigenvalue weighted by atomic mass is 10.2. The Hall–Kier alpha value is -1.89. The summed E-state index contributed by atoms with van der Waals surface area (Å²) in [5.41, 5.74) is 2.07. The van der Waals surface area contributed by atoms with Crippen LogP contribution in [0.3, 0.4) is 0 Å². The number of para-hydroxylation sites is 2. The Bertz CT molecular complexity index is 954. The van der Waals surface area contributed by atoms with E-state index in [1.165, 1.54) is 9.60 Å². The molecule has 1 aromatic heterocycles. The maximum absolute atomic E-state index is 13.2. The van der Waals surface area contributed by atoms with Crippen LogP contribution in [0.4, 0.5) is 5.69 Å². The van der Waals surface area contributed by atoms with Crippen LogP contribution in [0.2, 0.25) is 0 Å². The Morgan fingerprint density at radius 1 is 1.25 bits per heavy atom. The number of amides is 1. The van der Waals surface area contributed by atoms with E-state index in [9.17, 15) is 4.79 Å². The number of nitrogens with zero attached hydrogens (tertiary/aromatic N) is 3. The second-order valence-corrected chi connectivity index (χ2v) is 9.88. The van der Waals surface area contributed by atoms with Crippen LogP contribution in [-0.2, 0) is 4.79 Å². The minimum atomic E-state index is 0.0943. The molecule has 146 valence electrons. The first-order valence-corrected chi connectivity index (χ1v) is 11.3. The zero-order valence-corrected chi connectivity index (χ0v) is 18.1. The minimum Gasteiger partial charge on any atom is -0.310 e. The minimum absolute atomic E-state index is 0.0943. The summed E-state index contributed by atoms with van der Waals surface area (Å²) in [5.74, 6) is 0.151. The summed E-state index contributed by atoms with van der Waals surface area (Å²) in [6, 6.07) is 16.5. The largest absolute Gasteiger partial charge is 0.310 e. The summed E-state index contributed by atoms with van der Waals surface area (Å²) in [6.07, 6.45) is 1.00. The lowest BCUT2D eigenvalue weighted by Crippen LogP contribution is -2.40. The van der Waals surface area contributed by atoms with Crippen LogP contribution in [0.5, 0.6) is 0 Å². The van der Waals surface area contributed by atoms with Gasteiger partial charge >= 0.3 is 0 Å². The molecular formula is C22H25N3OS2. The van der Waals surface area contributed by atoms with E-state index in [-0.39, 0.29) is 11.9 Å². The van der Waals surface area contributed by atoms with Crippen molar-refractivity contribution in [3.63, 3.8) is 0 Å². The number of fused-ring (bicyclic) bond motifs is 2. The third-order valence-corrected chi connectivity index (χ3v) is 7.70. The number of anilines is 1. The highest BCUT2D eigenvalue weighted by Gasteiger charge is 2.26. The predicted octanol–water partition coefficient (Wildman–Crippen LogP) is 5.21. The van der Waals surface area contributed by atoms with Crippen molar-refractivity contribution >= 4 is 44.9 Å². The second-order valence-electron chi connectivity index (χ2n) is 7.34. The fourth-order valence-electron chi connectivity index (χ4n) is 3.44. The third kappa shape index (κ3) is 3.95. The van der Waals surface area contributed by atoms with E-state index < -0.39 is 0 Å².